The van der Waals surface area contributed by atoms with Crippen LogP contribution in [0.3, 0.4) is 0 Å². The van der Waals surface area contributed by atoms with Crippen molar-refractivity contribution in [2.24, 2.45) is 0 Å². The number of carbonyl (C=O) groups is 1. The monoisotopic (exact) mass is 382 g/mol. The molecule has 1 atom stereocenters. The van der Waals surface area contributed by atoms with Gasteiger partial charge in [0, 0.05) is 20.2 Å². The van der Waals surface area contributed by atoms with E-state index in [0.29, 0.717) is 16.6 Å². The van der Waals surface area contributed by atoms with Crippen molar-refractivity contribution in [2.75, 3.05) is 19.0 Å². The van der Waals surface area contributed by atoms with Gasteiger partial charge >= 0.3 is 5.97 Å². The number of nitrogens with one attached hydrogen (secondary N) is 1. The van der Waals surface area contributed by atoms with Gasteiger partial charge in [-0.3, -0.25) is 14.9 Å². The van der Waals surface area contributed by atoms with Crippen LogP contribution >= 0.6 is 0 Å². The van der Waals surface area contributed by atoms with Crippen LogP contribution in [0.5, 0.6) is 0 Å². The first-order valence-corrected chi connectivity index (χ1v) is 8.43. The Morgan fingerprint density at radius 2 is 1.96 bits per heavy atom. The molecule has 0 aliphatic rings. The van der Waals surface area contributed by atoms with Crippen molar-refractivity contribution >= 4 is 28.2 Å². The lowest BCUT2D eigenvalue weighted by Gasteiger charge is -2.15. The molecule has 0 unspecified atom stereocenters. The Bertz CT molecular complexity index is 1120. The van der Waals surface area contributed by atoms with Crippen LogP contribution in [0.25, 0.3) is 10.9 Å². The van der Waals surface area contributed by atoms with Gasteiger partial charge in [-0.25, -0.2) is 9.78 Å². The topological polar surface area (TPSA) is 118 Å². The lowest BCUT2D eigenvalue weighted by Crippen LogP contribution is -2.18. The average Bonchev–Trinajstić information content (AvgIpc) is 2.67. The molecule has 0 fully saturated rings. The number of H-pyrrole nitrogens is 1. The highest BCUT2D eigenvalue weighted by atomic mass is 16.6. The minimum atomic E-state index is -0.850. The molecule has 9 nitrogen and oxygen atoms in total. The van der Waals surface area contributed by atoms with Crippen molar-refractivity contribution in [1.82, 2.24) is 9.97 Å². The summed E-state index contributed by atoms with van der Waals surface area (Å²) in [5, 5.41) is 11.7. The fraction of sp³-hybridized carbons (Fsp3) is 0.211. The number of fused-ring (bicyclic) bond motifs is 1. The van der Waals surface area contributed by atoms with Crippen molar-refractivity contribution in [3.8, 4) is 0 Å². The van der Waals surface area contributed by atoms with Crippen molar-refractivity contribution in [3.63, 3.8) is 0 Å². The largest absolute Gasteiger partial charge is 0.451 e. The maximum atomic E-state index is 12.5. The van der Waals surface area contributed by atoms with E-state index < -0.39 is 17.0 Å². The van der Waals surface area contributed by atoms with Crippen molar-refractivity contribution in [2.45, 2.75) is 13.0 Å². The van der Waals surface area contributed by atoms with Gasteiger partial charge in [0.1, 0.15) is 5.69 Å². The maximum absolute atomic E-state index is 12.5. The van der Waals surface area contributed by atoms with E-state index in [2.05, 4.69) is 9.97 Å². The Balaban J connectivity index is 1.88. The molecule has 1 heterocycles. The van der Waals surface area contributed by atoms with Crippen LogP contribution in [0, 0.1) is 10.1 Å². The fourth-order valence-corrected chi connectivity index (χ4v) is 2.76. The fourth-order valence-electron chi connectivity index (χ4n) is 2.76. The summed E-state index contributed by atoms with van der Waals surface area (Å²) < 4.78 is 5.35. The van der Waals surface area contributed by atoms with E-state index in [4.69, 9.17) is 4.74 Å². The van der Waals surface area contributed by atoms with Gasteiger partial charge in [0.25, 0.3) is 11.2 Å². The SMILES string of the molecule is C[C@H](OC(=O)c1ccc(N(C)C)c([N+](=O)[O-])c1)c1nc2ccccc2c(=O)[nH]1. The number of aromatic nitrogens is 2. The minimum absolute atomic E-state index is 0.0345. The van der Waals surface area contributed by atoms with E-state index in [1.807, 2.05) is 0 Å². The number of esters is 1. The first-order valence-electron chi connectivity index (χ1n) is 8.43. The van der Waals surface area contributed by atoms with Crippen LogP contribution in [-0.2, 0) is 4.74 Å². The van der Waals surface area contributed by atoms with Crippen molar-refractivity contribution < 1.29 is 14.5 Å². The number of hydrogen-bond donors (Lipinski definition) is 1. The summed E-state index contributed by atoms with van der Waals surface area (Å²) in [6.45, 7) is 1.56. The van der Waals surface area contributed by atoms with Gasteiger partial charge in [-0.05, 0) is 31.2 Å². The van der Waals surface area contributed by atoms with Gasteiger partial charge in [0.05, 0.1) is 21.4 Å². The van der Waals surface area contributed by atoms with E-state index in [1.165, 1.54) is 18.2 Å². The number of benzene rings is 2. The molecule has 9 heteroatoms. The Labute approximate surface area is 159 Å². The maximum Gasteiger partial charge on any atom is 0.339 e. The summed E-state index contributed by atoms with van der Waals surface area (Å²) in [7, 11) is 3.34. The number of aromatic amines is 1. The van der Waals surface area contributed by atoms with Crippen LogP contribution in [0.15, 0.2) is 47.3 Å². The van der Waals surface area contributed by atoms with Crippen LogP contribution in [0.2, 0.25) is 0 Å². The lowest BCUT2D eigenvalue weighted by atomic mass is 10.1. The second-order valence-electron chi connectivity index (χ2n) is 6.37. The minimum Gasteiger partial charge on any atom is -0.451 e. The molecule has 0 aliphatic carbocycles. The van der Waals surface area contributed by atoms with Crippen LogP contribution in [0.4, 0.5) is 11.4 Å². The van der Waals surface area contributed by atoms with E-state index >= 15 is 0 Å². The molecule has 0 spiro atoms. The van der Waals surface area contributed by atoms with Gasteiger partial charge in [-0.1, -0.05) is 12.1 Å². The highest BCUT2D eigenvalue weighted by Crippen LogP contribution is 2.28. The van der Waals surface area contributed by atoms with Crippen LogP contribution in [-0.4, -0.2) is 35.0 Å². The lowest BCUT2D eigenvalue weighted by molar-refractivity contribution is -0.384. The molecule has 0 radical (unpaired) electrons. The van der Waals surface area contributed by atoms with E-state index in [0.717, 1.165) is 0 Å². The Morgan fingerprint density at radius 3 is 2.64 bits per heavy atom. The second kappa shape index (κ2) is 7.47. The molecule has 3 aromatic rings. The summed E-state index contributed by atoms with van der Waals surface area (Å²) >= 11 is 0. The zero-order chi connectivity index (χ0) is 20.4. The third-order valence-electron chi connectivity index (χ3n) is 4.19. The zero-order valence-electron chi connectivity index (χ0n) is 15.5. The van der Waals surface area contributed by atoms with Crippen molar-refractivity contribution in [3.05, 3.63) is 74.3 Å². The number of anilines is 1. The van der Waals surface area contributed by atoms with Gasteiger partial charge < -0.3 is 14.6 Å². The Hall–Kier alpha value is -3.75. The molecule has 0 aliphatic heterocycles. The normalized spacial score (nSPS) is 11.8. The molecule has 0 saturated heterocycles. The first-order chi connectivity index (χ1) is 13.3. The molecule has 1 aromatic heterocycles. The number of para-hydroxylation sites is 1. The third kappa shape index (κ3) is 3.68. The van der Waals surface area contributed by atoms with Gasteiger partial charge in [0.2, 0.25) is 0 Å². The number of nitro groups is 1. The molecule has 3 rings (SSSR count). The molecule has 0 amide bonds. The molecule has 28 heavy (non-hydrogen) atoms. The Morgan fingerprint density at radius 1 is 1.25 bits per heavy atom. The molecular weight excluding hydrogens is 364 g/mol. The van der Waals surface area contributed by atoms with E-state index in [-0.39, 0.29) is 22.6 Å². The molecule has 0 saturated carbocycles. The van der Waals surface area contributed by atoms with Crippen molar-refractivity contribution in [1.29, 1.82) is 0 Å². The Kier molecular flexibility index (Phi) is 5.08. The molecular formula is C19H18N4O5. The molecule has 2 aromatic carbocycles. The van der Waals surface area contributed by atoms with Crippen LogP contribution in [0.1, 0.15) is 29.2 Å². The zero-order valence-corrected chi connectivity index (χ0v) is 15.5. The third-order valence-corrected chi connectivity index (χ3v) is 4.19. The number of ether oxygens (including phenoxy) is 1. The predicted molar refractivity (Wildman–Crippen MR) is 104 cm³/mol. The molecule has 1 N–H and O–H groups in total. The van der Waals surface area contributed by atoms with Gasteiger partial charge in [0.15, 0.2) is 11.9 Å². The van der Waals surface area contributed by atoms with Crippen LogP contribution < -0.4 is 10.5 Å². The number of rotatable bonds is 5. The standard InChI is InChI=1S/C19H18N4O5/c1-11(17-20-14-7-5-4-6-13(14)18(24)21-17)28-19(25)12-8-9-15(22(2)3)16(10-12)23(26)27/h4-11H,1-3H3,(H,20,21,24)/t11-/m0/s1. The van der Waals surface area contributed by atoms with E-state index in [1.54, 1.807) is 50.2 Å². The smallest absolute Gasteiger partial charge is 0.339 e. The summed E-state index contributed by atoms with van der Waals surface area (Å²) in [5.41, 5.74) is 0.344. The number of hydrogen-bond acceptors (Lipinski definition) is 7. The summed E-state index contributed by atoms with van der Waals surface area (Å²) in [6, 6.07) is 10.9. The predicted octanol–water partition coefficient (Wildman–Crippen LogP) is 2.82. The second-order valence-corrected chi connectivity index (χ2v) is 6.37. The number of nitrogens with zero attached hydrogens (tertiary/aromatic N) is 3. The first kappa shape index (κ1) is 19.0. The van der Waals surface area contributed by atoms with Gasteiger partial charge in [-0.15, -0.1) is 0 Å². The summed E-state index contributed by atoms with van der Waals surface area (Å²) in [6.07, 6.45) is -0.850. The summed E-state index contributed by atoms with van der Waals surface area (Å²) in [5.74, 6) is -0.562. The molecule has 0 bridgehead atoms. The van der Waals surface area contributed by atoms with Gasteiger partial charge in [-0.2, -0.15) is 0 Å². The average molecular weight is 382 g/mol. The molecule has 144 valence electrons. The highest BCUT2D eigenvalue weighted by molar-refractivity contribution is 5.91. The number of carbonyl (C=O) groups excluding carboxylic acids is 1. The van der Waals surface area contributed by atoms with E-state index in [9.17, 15) is 19.7 Å². The highest BCUT2D eigenvalue weighted by Gasteiger charge is 2.22. The quantitative estimate of drug-likeness (QED) is 0.409. The summed E-state index contributed by atoms with van der Waals surface area (Å²) in [4.78, 5) is 43.8. The number of nitro benzene ring substituents is 1.